The molecule has 11 nitrogen and oxygen atoms in total. The van der Waals surface area contributed by atoms with Gasteiger partial charge < -0.3 is 49.8 Å². The number of hydrogen-bond acceptors (Lipinski definition) is 10. The monoisotopic (exact) mass is 567 g/mol. The number of aromatic amines is 1. The Kier molecular flexibility index (Phi) is 7.25. The molecule has 2 fully saturated rings. The second-order valence-corrected chi connectivity index (χ2v) is 10.9. The molecule has 0 spiro atoms. The fraction of sp³-hybridized carbons (Fsp3) is 0.433. The molecule has 0 bridgehead atoms. The van der Waals surface area contributed by atoms with Crippen LogP contribution in [-0.4, -0.2) is 90.6 Å². The average molecular weight is 568 g/mol. The fourth-order valence-electron chi connectivity index (χ4n) is 6.19. The minimum Gasteiger partial charge on any atom is -0.422 e. The lowest BCUT2D eigenvalue weighted by molar-refractivity contribution is -0.314. The van der Waals surface area contributed by atoms with E-state index in [9.17, 15) is 35.4 Å². The SMILES string of the molecule is O=C(Oc1c(CO)[nH]c2ccc3cc4ccccc4cc3c12)[C@@H]1O[C@@](O)([C@]2(O)CC[C@@H](O)C2)[C@H](O)[C@H]1OCCCO. The van der Waals surface area contributed by atoms with Crippen molar-refractivity contribution in [3.63, 3.8) is 0 Å². The molecule has 3 aromatic carbocycles. The number of aliphatic hydroxyl groups excluding tert-OH is 4. The third-order valence-electron chi connectivity index (χ3n) is 8.33. The fourth-order valence-corrected chi connectivity index (χ4v) is 6.19. The van der Waals surface area contributed by atoms with Gasteiger partial charge in [0.1, 0.15) is 17.8 Å². The summed E-state index contributed by atoms with van der Waals surface area (Å²) in [5.41, 5.74) is -1.19. The summed E-state index contributed by atoms with van der Waals surface area (Å²) >= 11 is 0. The molecule has 0 unspecified atom stereocenters. The van der Waals surface area contributed by atoms with Gasteiger partial charge in [-0.3, -0.25) is 0 Å². The van der Waals surface area contributed by atoms with Gasteiger partial charge in [-0.1, -0.05) is 30.3 Å². The van der Waals surface area contributed by atoms with E-state index < -0.39 is 48.4 Å². The first kappa shape index (κ1) is 28.0. The Morgan fingerprint density at radius 1 is 1.05 bits per heavy atom. The normalized spacial score (nSPS) is 30.1. The molecule has 0 radical (unpaired) electrons. The molecule has 6 atom stereocenters. The minimum atomic E-state index is -2.64. The van der Waals surface area contributed by atoms with Crippen LogP contribution in [0, 0.1) is 0 Å². The van der Waals surface area contributed by atoms with Crippen molar-refractivity contribution < 1.29 is 49.6 Å². The highest BCUT2D eigenvalue weighted by Gasteiger charge is 2.68. The Morgan fingerprint density at radius 2 is 1.80 bits per heavy atom. The van der Waals surface area contributed by atoms with Crippen LogP contribution in [0.3, 0.4) is 0 Å². The molecule has 0 amide bonds. The summed E-state index contributed by atoms with van der Waals surface area (Å²) in [6.45, 7) is -0.760. The van der Waals surface area contributed by atoms with Gasteiger partial charge in [-0.2, -0.15) is 0 Å². The lowest BCUT2D eigenvalue weighted by atomic mass is 9.86. The first-order chi connectivity index (χ1) is 19.7. The van der Waals surface area contributed by atoms with Crippen molar-refractivity contribution in [3.05, 3.63) is 54.2 Å². The zero-order valence-corrected chi connectivity index (χ0v) is 22.2. The Hall–Kier alpha value is -3.13. The van der Waals surface area contributed by atoms with Crippen LogP contribution in [0.15, 0.2) is 48.5 Å². The molecule has 41 heavy (non-hydrogen) atoms. The Labute approximate surface area is 234 Å². The topological polar surface area (TPSA) is 182 Å². The van der Waals surface area contributed by atoms with Crippen LogP contribution in [0.5, 0.6) is 5.75 Å². The molecule has 1 saturated carbocycles. The van der Waals surface area contributed by atoms with Crippen LogP contribution in [0.2, 0.25) is 0 Å². The van der Waals surface area contributed by atoms with Gasteiger partial charge in [0.25, 0.3) is 0 Å². The van der Waals surface area contributed by atoms with Gasteiger partial charge in [0.15, 0.2) is 11.9 Å². The van der Waals surface area contributed by atoms with E-state index in [0.717, 1.165) is 21.5 Å². The second-order valence-electron chi connectivity index (χ2n) is 10.9. The number of ether oxygens (including phenoxy) is 3. The van der Waals surface area contributed by atoms with Crippen molar-refractivity contribution in [2.45, 2.75) is 68.1 Å². The number of esters is 1. The molecule has 4 aromatic rings. The molecule has 2 heterocycles. The number of rotatable bonds is 8. The first-order valence-electron chi connectivity index (χ1n) is 13.7. The molecule has 7 N–H and O–H groups in total. The number of carbonyl (C=O) groups excluding carboxylic acids is 1. The van der Waals surface area contributed by atoms with E-state index in [2.05, 4.69) is 4.98 Å². The number of nitrogens with one attached hydrogen (secondary N) is 1. The van der Waals surface area contributed by atoms with Crippen LogP contribution in [0.4, 0.5) is 0 Å². The van der Waals surface area contributed by atoms with E-state index in [1.807, 2.05) is 48.5 Å². The van der Waals surface area contributed by atoms with E-state index in [1.165, 1.54) is 0 Å². The minimum absolute atomic E-state index is 0.0611. The summed E-state index contributed by atoms with van der Waals surface area (Å²) in [6.07, 6.45) is -5.94. The van der Waals surface area contributed by atoms with Crippen LogP contribution < -0.4 is 4.74 Å². The maximum absolute atomic E-state index is 13.7. The molecule has 2 aliphatic rings. The number of hydrogen-bond donors (Lipinski definition) is 7. The Balaban J connectivity index is 1.40. The Bertz CT molecular complexity index is 1600. The summed E-state index contributed by atoms with van der Waals surface area (Å²) in [6, 6.07) is 15.5. The van der Waals surface area contributed by atoms with Gasteiger partial charge in [0, 0.05) is 19.6 Å². The zero-order chi connectivity index (χ0) is 28.9. The maximum Gasteiger partial charge on any atom is 0.343 e. The van der Waals surface area contributed by atoms with E-state index in [1.54, 1.807) is 0 Å². The third kappa shape index (κ3) is 4.59. The van der Waals surface area contributed by atoms with Gasteiger partial charge in [-0.05, 0) is 59.0 Å². The van der Waals surface area contributed by atoms with Crippen molar-refractivity contribution >= 4 is 38.4 Å². The molecule has 1 saturated heterocycles. The third-order valence-corrected chi connectivity index (χ3v) is 8.33. The number of aliphatic hydroxyl groups is 6. The molecule has 6 rings (SSSR count). The lowest BCUT2D eigenvalue weighted by Gasteiger charge is -2.39. The van der Waals surface area contributed by atoms with Gasteiger partial charge >= 0.3 is 5.97 Å². The molecule has 218 valence electrons. The number of H-pyrrole nitrogens is 1. The van der Waals surface area contributed by atoms with Gasteiger partial charge in [-0.25, -0.2) is 4.79 Å². The summed E-state index contributed by atoms with van der Waals surface area (Å²) < 4.78 is 17.2. The standard InChI is InChI=1S/C30H33NO10/c32-10-3-11-39-25-26(41-30(38,27(25)35)29(37)9-8-19(34)14-29)28(36)40-24-22(15-33)31-21-7-6-18-12-16-4-1-2-5-17(16)13-20(18)23(21)24/h1-2,4-7,12-13,19,25-27,31-35,37-38H,3,8-11,14-15H2/t19-,25+,26-,27-,29+,30-/m1/s1. The number of carbonyl (C=O) groups is 1. The van der Waals surface area contributed by atoms with Crippen molar-refractivity contribution in [2.75, 3.05) is 13.2 Å². The number of benzene rings is 3. The zero-order valence-electron chi connectivity index (χ0n) is 22.2. The maximum atomic E-state index is 13.7. The second kappa shape index (κ2) is 10.6. The highest BCUT2D eigenvalue weighted by Crippen LogP contribution is 2.47. The summed E-state index contributed by atoms with van der Waals surface area (Å²) in [5, 5.41) is 67.3. The van der Waals surface area contributed by atoms with Crippen LogP contribution in [0.25, 0.3) is 32.4 Å². The largest absolute Gasteiger partial charge is 0.422 e. The highest BCUT2D eigenvalue weighted by atomic mass is 16.7. The van der Waals surface area contributed by atoms with E-state index in [4.69, 9.17) is 14.2 Å². The molecule has 1 aliphatic heterocycles. The first-order valence-corrected chi connectivity index (χ1v) is 13.7. The quantitative estimate of drug-likeness (QED) is 0.0933. The lowest BCUT2D eigenvalue weighted by Crippen LogP contribution is -2.60. The summed E-state index contributed by atoms with van der Waals surface area (Å²) in [5.74, 6) is -3.60. The van der Waals surface area contributed by atoms with E-state index in [-0.39, 0.29) is 50.3 Å². The Morgan fingerprint density at radius 3 is 2.49 bits per heavy atom. The summed E-state index contributed by atoms with van der Waals surface area (Å²) in [7, 11) is 0. The van der Waals surface area contributed by atoms with E-state index in [0.29, 0.717) is 10.9 Å². The van der Waals surface area contributed by atoms with Crippen LogP contribution in [0.1, 0.15) is 31.4 Å². The average Bonchev–Trinajstić information content (AvgIpc) is 3.60. The molecular formula is C30H33NO10. The van der Waals surface area contributed by atoms with Gasteiger partial charge in [0.2, 0.25) is 5.79 Å². The summed E-state index contributed by atoms with van der Waals surface area (Å²) in [4.78, 5) is 16.8. The predicted molar refractivity (Wildman–Crippen MR) is 147 cm³/mol. The van der Waals surface area contributed by atoms with Crippen molar-refractivity contribution in [2.24, 2.45) is 0 Å². The number of fused-ring (bicyclic) bond motifs is 4. The van der Waals surface area contributed by atoms with Crippen molar-refractivity contribution in [1.29, 1.82) is 0 Å². The van der Waals surface area contributed by atoms with Gasteiger partial charge in [-0.15, -0.1) is 0 Å². The molecule has 1 aromatic heterocycles. The molecule has 1 aliphatic carbocycles. The smallest absolute Gasteiger partial charge is 0.343 e. The number of aromatic nitrogens is 1. The van der Waals surface area contributed by atoms with Crippen LogP contribution >= 0.6 is 0 Å². The highest BCUT2D eigenvalue weighted by molar-refractivity contribution is 6.14. The molecule has 11 heteroatoms. The predicted octanol–water partition coefficient (Wildman–Crippen LogP) is 1.36. The van der Waals surface area contributed by atoms with Crippen molar-refractivity contribution in [1.82, 2.24) is 4.98 Å². The van der Waals surface area contributed by atoms with Crippen LogP contribution in [-0.2, 0) is 20.9 Å². The van der Waals surface area contributed by atoms with E-state index >= 15 is 0 Å². The van der Waals surface area contributed by atoms with Gasteiger partial charge in [0.05, 0.1) is 29.3 Å². The molecular weight excluding hydrogens is 534 g/mol. The van der Waals surface area contributed by atoms with Crippen molar-refractivity contribution in [3.8, 4) is 5.75 Å².